The number of amides is 1. The number of halogens is 2. The molecule has 23 heavy (non-hydrogen) atoms. The lowest BCUT2D eigenvalue weighted by atomic mass is 10.2. The van der Waals surface area contributed by atoms with Crippen molar-refractivity contribution in [2.45, 2.75) is 18.9 Å². The van der Waals surface area contributed by atoms with E-state index in [9.17, 15) is 4.79 Å². The smallest absolute Gasteiger partial charge is 0.257 e. The summed E-state index contributed by atoms with van der Waals surface area (Å²) >= 11 is 12.1. The highest BCUT2D eigenvalue weighted by molar-refractivity contribution is 6.35. The third kappa shape index (κ3) is 3.37. The average Bonchev–Trinajstić information content (AvgIpc) is 3.16. The summed E-state index contributed by atoms with van der Waals surface area (Å²) in [7, 11) is 1.90. The molecular formula is C16H18Cl2N4O. The van der Waals surface area contributed by atoms with Crippen LogP contribution in [0.5, 0.6) is 0 Å². The van der Waals surface area contributed by atoms with Crippen molar-refractivity contribution < 1.29 is 4.79 Å². The van der Waals surface area contributed by atoms with E-state index < -0.39 is 0 Å². The Kier molecular flexibility index (Phi) is 4.90. The van der Waals surface area contributed by atoms with E-state index in [0.29, 0.717) is 21.3 Å². The first-order chi connectivity index (χ1) is 11.1. The molecule has 0 saturated carbocycles. The second-order valence-corrected chi connectivity index (χ2v) is 6.47. The zero-order valence-corrected chi connectivity index (χ0v) is 14.3. The standard InChI is InChI=1S/C16H18Cl2N4O/c1-19-9-13-3-2-6-21(13)16(23)11-8-20-22(10-11)15-5-4-12(17)7-14(15)18/h4-5,7-8,10,13,19H,2-3,6,9H2,1H3. The van der Waals surface area contributed by atoms with Gasteiger partial charge in [-0.25, -0.2) is 4.68 Å². The van der Waals surface area contributed by atoms with Crippen LogP contribution in [0.25, 0.3) is 5.69 Å². The third-order valence-corrected chi connectivity index (χ3v) is 4.60. The Morgan fingerprint density at radius 1 is 1.43 bits per heavy atom. The summed E-state index contributed by atoms with van der Waals surface area (Å²) < 4.78 is 1.61. The van der Waals surface area contributed by atoms with Crippen molar-refractivity contribution in [1.29, 1.82) is 0 Å². The molecule has 1 aliphatic rings. The van der Waals surface area contributed by atoms with Crippen molar-refractivity contribution in [1.82, 2.24) is 20.0 Å². The number of carbonyl (C=O) groups is 1. The third-order valence-electron chi connectivity index (χ3n) is 4.06. The van der Waals surface area contributed by atoms with Crippen LogP contribution < -0.4 is 5.32 Å². The zero-order valence-electron chi connectivity index (χ0n) is 12.8. The fourth-order valence-electron chi connectivity index (χ4n) is 2.95. The summed E-state index contributed by atoms with van der Waals surface area (Å²) in [6.45, 7) is 1.60. The maximum Gasteiger partial charge on any atom is 0.257 e. The molecule has 1 N–H and O–H groups in total. The Hall–Kier alpha value is -1.56. The number of benzene rings is 1. The maximum atomic E-state index is 12.7. The monoisotopic (exact) mass is 352 g/mol. The van der Waals surface area contributed by atoms with Gasteiger partial charge >= 0.3 is 0 Å². The van der Waals surface area contributed by atoms with E-state index in [0.717, 1.165) is 25.9 Å². The lowest BCUT2D eigenvalue weighted by Gasteiger charge is -2.23. The maximum absolute atomic E-state index is 12.7. The normalized spacial score (nSPS) is 17.7. The predicted octanol–water partition coefficient (Wildman–Crippen LogP) is 3.00. The second-order valence-electron chi connectivity index (χ2n) is 5.62. The number of carbonyl (C=O) groups excluding carboxylic acids is 1. The minimum atomic E-state index is 0.0130. The Bertz CT molecular complexity index is 716. The van der Waals surface area contributed by atoms with E-state index in [4.69, 9.17) is 23.2 Å². The van der Waals surface area contributed by atoms with Crippen LogP contribution in [0.3, 0.4) is 0 Å². The van der Waals surface area contributed by atoms with E-state index in [1.54, 1.807) is 35.3 Å². The highest BCUT2D eigenvalue weighted by atomic mass is 35.5. The number of nitrogens with one attached hydrogen (secondary N) is 1. The lowest BCUT2D eigenvalue weighted by molar-refractivity contribution is 0.0737. The molecule has 0 spiro atoms. The van der Waals surface area contributed by atoms with Crippen molar-refractivity contribution in [3.8, 4) is 5.69 Å². The van der Waals surface area contributed by atoms with Crippen LogP contribution in [-0.4, -0.2) is 46.8 Å². The molecule has 0 radical (unpaired) electrons. The largest absolute Gasteiger partial charge is 0.334 e. The van der Waals surface area contributed by atoms with Gasteiger partial charge in [-0.2, -0.15) is 5.10 Å². The van der Waals surface area contributed by atoms with Gasteiger partial charge < -0.3 is 10.2 Å². The van der Waals surface area contributed by atoms with Gasteiger partial charge in [-0.05, 0) is 38.1 Å². The van der Waals surface area contributed by atoms with Gasteiger partial charge in [0.1, 0.15) is 0 Å². The molecule has 1 aromatic heterocycles. The number of hydrogen-bond acceptors (Lipinski definition) is 3. The average molecular weight is 353 g/mol. The Balaban J connectivity index is 1.82. The minimum Gasteiger partial charge on any atom is -0.334 e. The van der Waals surface area contributed by atoms with Crippen LogP contribution in [0.1, 0.15) is 23.2 Å². The quantitative estimate of drug-likeness (QED) is 0.919. The van der Waals surface area contributed by atoms with E-state index in [1.807, 2.05) is 11.9 Å². The van der Waals surface area contributed by atoms with Gasteiger partial charge in [-0.3, -0.25) is 4.79 Å². The van der Waals surface area contributed by atoms with E-state index in [1.165, 1.54) is 0 Å². The number of rotatable bonds is 4. The molecule has 7 heteroatoms. The molecule has 2 aromatic rings. The van der Waals surface area contributed by atoms with Crippen LogP contribution >= 0.6 is 23.2 Å². The van der Waals surface area contributed by atoms with Gasteiger partial charge in [0.25, 0.3) is 5.91 Å². The second kappa shape index (κ2) is 6.91. The summed E-state index contributed by atoms with van der Waals surface area (Å²) in [4.78, 5) is 14.6. The Morgan fingerprint density at radius 2 is 2.26 bits per heavy atom. The van der Waals surface area contributed by atoms with E-state index in [2.05, 4.69) is 10.4 Å². The van der Waals surface area contributed by atoms with E-state index >= 15 is 0 Å². The minimum absolute atomic E-state index is 0.0130. The van der Waals surface area contributed by atoms with Gasteiger partial charge in [0, 0.05) is 30.4 Å². The van der Waals surface area contributed by atoms with Crippen molar-refractivity contribution >= 4 is 29.1 Å². The number of likely N-dealkylation sites (N-methyl/N-ethyl adjacent to an activating group) is 1. The van der Waals surface area contributed by atoms with Gasteiger partial charge in [0.2, 0.25) is 0 Å². The lowest BCUT2D eigenvalue weighted by Crippen LogP contribution is -2.40. The van der Waals surface area contributed by atoms with Crippen LogP contribution in [0.15, 0.2) is 30.6 Å². The number of aromatic nitrogens is 2. The SMILES string of the molecule is CNCC1CCCN1C(=O)c1cnn(-c2ccc(Cl)cc2Cl)c1. The molecule has 3 rings (SSSR count). The number of likely N-dealkylation sites (tertiary alicyclic amines) is 1. The molecule has 1 aromatic carbocycles. The van der Waals surface area contributed by atoms with Gasteiger partial charge in [-0.15, -0.1) is 0 Å². The first kappa shape index (κ1) is 16.3. The highest BCUT2D eigenvalue weighted by Crippen LogP contribution is 2.25. The van der Waals surface area contributed by atoms with Crippen LogP contribution in [-0.2, 0) is 0 Å². The summed E-state index contributed by atoms with van der Waals surface area (Å²) in [6.07, 6.45) is 5.37. The van der Waals surface area contributed by atoms with Gasteiger partial charge in [-0.1, -0.05) is 23.2 Å². The van der Waals surface area contributed by atoms with Crippen LogP contribution in [0.2, 0.25) is 10.0 Å². The molecule has 1 aliphatic heterocycles. The molecule has 5 nitrogen and oxygen atoms in total. The molecular weight excluding hydrogens is 335 g/mol. The zero-order chi connectivity index (χ0) is 16.4. The summed E-state index contributed by atoms with van der Waals surface area (Å²) in [5.74, 6) is 0.0130. The number of nitrogens with zero attached hydrogens (tertiary/aromatic N) is 3. The van der Waals surface area contributed by atoms with E-state index in [-0.39, 0.29) is 11.9 Å². The van der Waals surface area contributed by atoms with Crippen LogP contribution in [0, 0.1) is 0 Å². The van der Waals surface area contributed by atoms with Gasteiger partial charge in [0.05, 0.1) is 22.5 Å². The molecule has 0 aliphatic carbocycles. The van der Waals surface area contributed by atoms with Crippen molar-refractivity contribution in [3.63, 3.8) is 0 Å². The first-order valence-electron chi connectivity index (χ1n) is 7.56. The summed E-state index contributed by atoms with van der Waals surface area (Å²) in [6, 6.07) is 5.43. The Morgan fingerprint density at radius 3 is 3.00 bits per heavy atom. The molecule has 122 valence electrons. The molecule has 1 saturated heterocycles. The first-order valence-corrected chi connectivity index (χ1v) is 8.31. The topological polar surface area (TPSA) is 50.2 Å². The molecule has 0 bridgehead atoms. The Labute approximate surface area is 145 Å². The fourth-order valence-corrected chi connectivity index (χ4v) is 3.44. The fraction of sp³-hybridized carbons (Fsp3) is 0.375. The van der Waals surface area contributed by atoms with Gasteiger partial charge in [0.15, 0.2) is 0 Å². The molecule has 1 amide bonds. The van der Waals surface area contributed by atoms with Crippen molar-refractivity contribution in [3.05, 3.63) is 46.2 Å². The molecule has 1 unspecified atom stereocenters. The molecule has 1 atom stereocenters. The summed E-state index contributed by atoms with van der Waals surface area (Å²) in [5.41, 5.74) is 1.27. The highest BCUT2D eigenvalue weighted by Gasteiger charge is 2.29. The van der Waals surface area contributed by atoms with Crippen LogP contribution in [0.4, 0.5) is 0 Å². The number of hydrogen-bond donors (Lipinski definition) is 1. The summed E-state index contributed by atoms with van der Waals surface area (Å²) in [5, 5.41) is 8.47. The predicted molar refractivity (Wildman–Crippen MR) is 91.6 cm³/mol. The van der Waals surface area contributed by atoms with Crippen molar-refractivity contribution in [2.24, 2.45) is 0 Å². The van der Waals surface area contributed by atoms with Crippen molar-refractivity contribution in [2.75, 3.05) is 20.1 Å². The molecule has 2 heterocycles. The molecule has 1 fully saturated rings.